The van der Waals surface area contributed by atoms with Crippen LogP contribution in [-0.4, -0.2) is 53.2 Å². The third kappa shape index (κ3) is 2.94. The number of anilines is 1. The minimum Gasteiger partial charge on any atom is -0.355 e. The second-order valence-electron chi connectivity index (χ2n) is 6.56. The summed E-state index contributed by atoms with van der Waals surface area (Å²) in [5, 5.41) is 10.8. The lowest BCUT2D eigenvalue weighted by Crippen LogP contribution is -2.54. The molecule has 2 aromatic heterocycles. The van der Waals surface area contributed by atoms with Crippen molar-refractivity contribution in [3.8, 4) is 12.3 Å². The van der Waals surface area contributed by atoms with Gasteiger partial charge in [-0.05, 0) is 13.0 Å². The average Bonchev–Trinajstić information content (AvgIpc) is 2.90. The van der Waals surface area contributed by atoms with Gasteiger partial charge in [0.05, 0.1) is 17.8 Å². The molecule has 25 heavy (non-hydrogen) atoms. The predicted octanol–water partition coefficient (Wildman–Crippen LogP) is -0.00680. The average molecular weight is 338 g/mol. The Morgan fingerprint density at radius 3 is 3.08 bits per heavy atom. The van der Waals surface area contributed by atoms with Gasteiger partial charge >= 0.3 is 0 Å². The molecule has 0 aromatic carbocycles. The van der Waals surface area contributed by atoms with E-state index in [0.717, 1.165) is 43.1 Å². The lowest BCUT2D eigenvalue weighted by atomic mass is 9.97. The van der Waals surface area contributed by atoms with Gasteiger partial charge in [0.2, 0.25) is 5.91 Å². The molecule has 7 nitrogen and oxygen atoms in total. The van der Waals surface area contributed by atoms with Crippen molar-refractivity contribution in [1.82, 2.24) is 25.2 Å². The molecule has 2 N–H and O–H groups in total. The maximum atomic E-state index is 12.2. The number of terminal acetylenes is 1. The van der Waals surface area contributed by atoms with E-state index in [1.54, 1.807) is 6.20 Å². The fourth-order valence-corrected chi connectivity index (χ4v) is 3.56. The number of amides is 1. The molecule has 0 spiro atoms. The van der Waals surface area contributed by atoms with E-state index in [2.05, 4.69) is 26.6 Å². The van der Waals surface area contributed by atoms with Gasteiger partial charge in [-0.25, -0.2) is 4.98 Å². The lowest BCUT2D eigenvalue weighted by Gasteiger charge is -2.41. The van der Waals surface area contributed by atoms with Crippen LogP contribution in [0.25, 0.3) is 5.65 Å². The third-order valence-corrected chi connectivity index (χ3v) is 4.90. The summed E-state index contributed by atoms with van der Waals surface area (Å²) < 4.78 is 1.91. The minimum atomic E-state index is 0.0103. The molecule has 2 aromatic rings. The van der Waals surface area contributed by atoms with Crippen LogP contribution in [0.3, 0.4) is 0 Å². The summed E-state index contributed by atoms with van der Waals surface area (Å²) in [5.74, 6) is 3.74. The first-order chi connectivity index (χ1) is 12.3. The molecule has 0 bridgehead atoms. The zero-order valence-corrected chi connectivity index (χ0v) is 14.2. The standard InChI is InChI=1S/C18H22N6O/c1-2-3-7-20-17(25)13-11-23(12-13)18-14-4-8-19-9-5-15(14)22-16-6-10-21-24(16)18/h1,6,10,13,19H,3-5,7-9,11-12H2,(H,20,25). The van der Waals surface area contributed by atoms with Gasteiger partial charge < -0.3 is 15.5 Å². The molecule has 4 rings (SSSR count). The largest absolute Gasteiger partial charge is 0.355 e. The Balaban J connectivity index is 1.56. The van der Waals surface area contributed by atoms with Gasteiger partial charge in [0.15, 0.2) is 5.65 Å². The van der Waals surface area contributed by atoms with Crippen molar-refractivity contribution in [2.24, 2.45) is 5.92 Å². The van der Waals surface area contributed by atoms with E-state index >= 15 is 0 Å². The van der Waals surface area contributed by atoms with Crippen LogP contribution in [0.4, 0.5) is 5.82 Å². The van der Waals surface area contributed by atoms with E-state index in [9.17, 15) is 4.79 Å². The van der Waals surface area contributed by atoms with Crippen LogP contribution in [0.1, 0.15) is 17.7 Å². The Morgan fingerprint density at radius 2 is 2.24 bits per heavy atom. The summed E-state index contributed by atoms with van der Waals surface area (Å²) in [6.07, 6.45) is 9.44. The van der Waals surface area contributed by atoms with E-state index in [1.165, 1.54) is 5.56 Å². The fraction of sp³-hybridized carbons (Fsp3) is 0.500. The van der Waals surface area contributed by atoms with Gasteiger partial charge in [-0.2, -0.15) is 9.61 Å². The maximum Gasteiger partial charge on any atom is 0.226 e. The maximum absolute atomic E-state index is 12.2. The van der Waals surface area contributed by atoms with Gasteiger partial charge in [0, 0.05) is 50.7 Å². The predicted molar refractivity (Wildman–Crippen MR) is 95.4 cm³/mol. The summed E-state index contributed by atoms with van der Waals surface area (Å²) in [7, 11) is 0. The van der Waals surface area contributed by atoms with E-state index in [-0.39, 0.29) is 11.8 Å². The van der Waals surface area contributed by atoms with Crippen LogP contribution >= 0.6 is 0 Å². The van der Waals surface area contributed by atoms with Gasteiger partial charge in [0.1, 0.15) is 5.82 Å². The summed E-state index contributed by atoms with van der Waals surface area (Å²) in [6.45, 7) is 3.86. The summed E-state index contributed by atoms with van der Waals surface area (Å²) >= 11 is 0. The number of fused-ring (bicyclic) bond motifs is 2. The van der Waals surface area contributed by atoms with Gasteiger partial charge in [-0.3, -0.25) is 4.79 Å². The second kappa shape index (κ2) is 6.73. The Morgan fingerprint density at radius 1 is 1.40 bits per heavy atom. The van der Waals surface area contributed by atoms with Crippen LogP contribution in [0, 0.1) is 18.3 Å². The van der Waals surface area contributed by atoms with Crippen LogP contribution in [-0.2, 0) is 17.6 Å². The van der Waals surface area contributed by atoms with Gasteiger partial charge in [-0.1, -0.05) is 0 Å². The molecule has 4 heterocycles. The molecule has 0 atom stereocenters. The van der Waals surface area contributed by atoms with Crippen molar-refractivity contribution in [2.75, 3.05) is 37.6 Å². The number of carbonyl (C=O) groups excluding carboxylic acids is 1. The molecular formula is C18H22N6O. The van der Waals surface area contributed by atoms with Crippen molar-refractivity contribution < 1.29 is 4.79 Å². The molecule has 2 aliphatic heterocycles. The Bertz CT molecular complexity index is 830. The first kappa shape index (κ1) is 15.9. The number of aromatic nitrogens is 3. The Kier molecular flexibility index (Phi) is 4.28. The molecule has 1 saturated heterocycles. The highest BCUT2D eigenvalue weighted by Gasteiger charge is 2.36. The third-order valence-electron chi connectivity index (χ3n) is 4.90. The molecule has 0 unspecified atom stereocenters. The van der Waals surface area contributed by atoms with E-state index in [0.29, 0.717) is 26.1 Å². The minimum absolute atomic E-state index is 0.0103. The Labute approximate surface area is 146 Å². The highest BCUT2D eigenvalue weighted by atomic mass is 16.2. The van der Waals surface area contributed by atoms with Crippen molar-refractivity contribution in [3.63, 3.8) is 0 Å². The molecule has 0 aliphatic carbocycles. The highest BCUT2D eigenvalue weighted by Crippen LogP contribution is 2.31. The van der Waals surface area contributed by atoms with Gasteiger partial charge in [0.25, 0.3) is 0 Å². The van der Waals surface area contributed by atoms with Crippen LogP contribution in [0.15, 0.2) is 12.3 Å². The number of nitrogens with zero attached hydrogens (tertiary/aromatic N) is 4. The van der Waals surface area contributed by atoms with Crippen molar-refractivity contribution >= 4 is 17.4 Å². The van der Waals surface area contributed by atoms with Crippen molar-refractivity contribution in [1.29, 1.82) is 0 Å². The zero-order valence-electron chi connectivity index (χ0n) is 14.2. The summed E-state index contributed by atoms with van der Waals surface area (Å²) in [6, 6.07) is 1.94. The highest BCUT2D eigenvalue weighted by molar-refractivity contribution is 5.82. The monoisotopic (exact) mass is 338 g/mol. The second-order valence-corrected chi connectivity index (χ2v) is 6.56. The fourth-order valence-electron chi connectivity index (χ4n) is 3.56. The van der Waals surface area contributed by atoms with Gasteiger partial charge in [-0.15, -0.1) is 12.3 Å². The van der Waals surface area contributed by atoms with E-state index in [4.69, 9.17) is 11.4 Å². The normalized spacial score (nSPS) is 17.5. The molecule has 130 valence electrons. The number of hydrogen-bond donors (Lipinski definition) is 2. The lowest BCUT2D eigenvalue weighted by molar-refractivity contribution is -0.125. The molecule has 0 radical (unpaired) electrons. The van der Waals surface area contributed by atoms with E-state index < -0.39 is 0 Å². The molecule has 1 fully saturated rings. The number of hydrogen-bond acceptors (Lipinski definition) is 5. The van der Waals surface area contributed by atoms with Crippen LogP contribution in [0.2, 0.25) is 0 Å². The van der Waals surface area contributed by atoms with Crippen LogP contribution < -0.4 is 15.5 Å². The summed E-state index contributed by atoms with van der Waals surface area (Å²) in [4.78, 5) is 19.2. The zero-order chi connectivity index (χ0) is 17.2. The van der Waals surface area contributed by atoms with E-state index in [1.807, 2.05) is 10.6 Å². The smallest absolute Gasteiger partial charge is 0.226 e. The Hall–Kier alpha value is -2.59. The molecule has 2 aliphatic rings. The molecule has 1 amide bonds. The number of nitrogens with one attached hydrogen (secondary N) is 2. The van der Waals surface area contributed by atoms with Crippen molar-refractivity contribution in [2.45, 2.75) is 19.3 Å². The van der Waals surface area contributed by atoms with Crippen LogP contribution in [0.5, 0.6) is 0 Å². The molecule has 0 saturated carbocycles. The SMILES string of the molecule is C#CCCNC(=O)C1CN(c2c3c(nc4ccnn24)CCNCC3)C1. The molecular weight excluding hydrogens is 316 g/mol. The topological polar surface area (TPSA) is 74.6 Å². The molecule has 7 heteroatoms. The number of carbonyl (C=O) groups is 1. The van der Waals surface area contributed by atoms with Crippen molar-refractivity contribution in [3.05, 3.63) is 23.5 Å². The first-order valence-corrected chi connectivity index (χ1v) is 8.80. The first-order valence-electron chi connectivity index (χ1n) is 8.80. The quantitative estimate of drug-likeness (QED) is 0.606. The number of rotatable bonds is 4. The summed E-state index contributed by atoms with van der Waals surface area (Å²) in [5.41, 5.74) is 3.28.